The van der Waals surface area contributed by atoms with Gasteiger partial charge in [-0.05, 0) is 13.0 Å². The van der Waals surface area contributed by atoms with Crippen LogP contribution in [0.4, 0.5) is 0 Å². The molecule has 0 unspecified atom stereocenters. The van der Waals surface area contributed by atoms with Gasteiger partial charge >= 0.3 is 0 Å². The van der Waals surface area contributed by atoms with Crippen LogP contribution < -0.4 is 5.32 Å². The van der Waals surface area contributed by atoms with Crippen molar-refractivity contribution in [3.8, 4) is 0 Å². The van der Waals surface area contributed by atoms with Crippen molar-refractivity contribution >= 4 is 10.0 Å². The zero-order valence-electron chi connectivity index (χ0n) is 10.3. The average Bonchev–Trinajstić information content (AvgIpc) is 2.74. The second kappa shape index (κ2) is 6.73. The van der Waals surface area contributed by atoms with Crippen molar-refractivity contribution in [3.63, 3.8) is 0 Å². The number of nitrogens with zero attached hydrogens (tertiary/aromatic N) is 2. The summed E-state index contributed by atoms with van der Waals surface area (Å²) in [6.45, 7) is 4.37. The lowest BCUT2D eigenvalue weighted by atomic mass is 10.4. The molecular weight excluding hydrogens is 240 g/mol. The van der Waals surface area contributed by atoms with Crippen molar-refractivity contribution in [3.05, 3.63) is 18.2 Å². The molecule has 1 aromatic rings. The summed E-state index contributed by atoms with van der Waals surface area (Å²) < 4.78 is 24.1. The maximum absolute atomic E-state index is 11.3. The number of aromatic nitrogens is 2. The molecule has 0 aromatic carbocycles. The summed E-state index contributed by atoms with van der Waals surface area (Å²) in [5.74, 6) is 0.889. The Bertz CT molecular complexity index is 402. The van der Waals surface area contributed by atoms with E-state index in [1.54, 1.807) is 12.4 Å². The summed E-state index contributed by atoms with van der Waals surface area (Å²) in [7, 11) is -3.06. The van der Waals surface area contributed by atoms with Crippen LogP contribution in [0.1, 0.15) is 19.2 Å². The number of nitrogens with one attached hydrogen (secondary N) is 2. The Labute approximate surface area is 102 Å². The molecule has 0 radical (unpaired) electrons. The van der Waals surface area contributed by atoms with Crippen molar-refractivity contribution in [2.75, 3.05) is 25.9 Å². The van der Waals surface area contributed by atoms with Crippen LogP contribution in [0, 0.1) is 0 Å². The molecule has 1 heterocycles. The first-order valence-corrected chi connectivity index (χ1v) is 7.53. The third-order valence-corrected chi connectivity index (χ3v) is 3.81. The molecule has 0 fully saturated rings. The quantitative estimate of drug-likeness (QED) is 0.653. The van der Waals surface area contributed by atoms with E-state index < -0.39 is 10.0 Å². The molecule has 1 aromatic heterocycles. The molecule has 0 amide bonds. The topological polar surface area (TPSA) is 78.1 Å². The number of rotatable bonds is 8. The fourth-order valence-electron chi connectivity index (χ4n) is 1.54. The predicted molar refractivity (Wildman–Crippen MR) is 67.0 cm³/mol. The lowest BCUT2D eigenvalue weighted by Crippen LogP contribution is -2.32. The molecule has 2 N–H and O–H groups in total. The van der Waals surface area contributed by atoms with Gasteiger partial charge in [-0.2, -0.15) is 0 Å². The number of aromatic amines is 1. The highest BCUT2D eigenvalue weighted by molar-refractivity contribution is 7.88. The Morgan fingerprint density at radius 2 is 2.29 bits per heavy atom. The highest BCUT2D eigenvalue weighted by Crippen LogP contribution is 1.98. The Balaban J connectivity index is 2.15. The van der Waals surface area contributed by atoms with Gasteiger partial charge in [0, 0.05) is 25.5 Å². The minimum atomic E-state index is -3.06. The molecule has 98 valence electrons. The van der Waals surface area contributed by atoms with Gasteiger partial charge in [-0.25, -0.2) is 17.7 Å². The van der Waals surface area contributed by atoms with E-state index in [4.69, 9.17) is 0 Å². The Hall–Kier alpha value is -0.920. The smallest absolute Gasteiger partial charge is 0.211 e. The lowest BCUT2D eigenvalue weighted by Gasteiger charge is -2.17. The molecule has 6 nitrogen and oxygen atoms in total. The summed E-state index contributed by atoms with van der Waals surface area (Å²) in [6.07, 6.45) is 5.52. The molecule has 0 atom stereocenters. The maximum Gasteiger partial charge on any atom is 0.211 e. The van der Waals surface area contributed by atoms with E-state index in [-0.39, 0.29) is 0 Å². The molecule has 17 heavy (non-hydrogen) atoms. The number of imidazole rings is 1. The minimum Gasteiger partial charge on any atom is -0.348 e. The third-order valence-electron chi connectivity index (χ3n) is 2.43. The standard InChI is InChI=1S/C10H20N4O2S/c1-3-14(17(2,15)16)8-4-5-11-9-10-12-6-7-13-10/h6-7,11H,3-5,8-9H2,1-2H3,(H,12,13). The van der Waals surface area contributed by atoms with E-state index >= 15 is 0 Å². The largest absolute Gasteiger partial charge is 0.348 e. The van der Waals surface area contributed by atoms with Crippen LogP contribution in [0.3, 0.4) is 0 Å². The molecule has 0 saturated heterocycles. The van der Waals surface area contributed by atoms with Crippen molar-refractivity contribution in [2.45, 2.75) is 19.9 Å². The normalized spacial score (nSPS) is 12.2. The van der Waals surface area contributed by atoms with E-state index in [1.165, 1.54) is 10.6 Å². The third kappa shape index (κ3) is 5.29. The second-order valence-electron chi connectivity index (χ2n) is 3.82. The predicted octanol–water partition coefficient (Wildman–Crippen LogP) is 0.171. The fraction of sp³-hybridized carbons (Fsp3) is 0.700. The van der Waals surface area contributed by atoms with Gasteiger partial charge in [0.25, 0.3) is 0 Å². The maximum atomic E-state index is 11.3. The fourth-order valence-corrected chi connectivity index (χ4v) is 2.47. The van der Waals surface area contributed by atoms with Crippen LogP contribution in [-0.4, -0.2) is 48.6 Å². The van der Waals surface area contributed by atoms with Gasteiger partial charge in [0.2, 0.25) is 10.0 Å². The minimum absolute atomic E-state index is 0.525. The van der Waals surface area contributed by atoms with Gasteiger partial charge in [0.15, 0.2) is 0 Å². The lowest BCUT2D eigenvalue weighted by molar-refractivity contribution is 0.418. The summed E-state index contributed by atoms with van der Waals surface area (Å²) in [5, 5.41) is 3.20. The summed E-state index contributed by atoms with van der Waals surface area (Å²) in [4.78, 5) is 7.07. The van der Waals surface area contributed by atoms with Gasteiger partial charge in [0.05, 0.1) is 12.8 Å². The summed E-state index contributed by atoms with van der Waals surface area (Å²) in [5.41, 5.74) is 0. The van der Waals surface area contributed by atoms with Crippen LogP contribution in [0.15, 0.2) is 12.4 Å². The average molecular weight is 260 g/mol. The van der Waals surface area contributed by atoms with Gasteiger partial charge in [-0.15, -0.1) is 0 Å². The number of sulfonamides is 1. The van der Waals surface area contributed by atoms with Crippen LogP contribution >= 0.6 is 0 Å². The van der Waals surface area contributed by atoms with Crippen LogP contribution in [-0.2, 0) is 16.6 Å². The number of hydrogen-bond acceptors (Lipinski definition) is 4. The number of H-pyrrole nitrogens is 1. The van der Waals surface area contributed by atoms with Crippen LogP contribution in [0.25, 0.3) is 0 Å². The van der Waals surface area contributed by atoms with Gasteiger partial charge in [0.1, 0.15) is 5.82 Å². The second-order valence-corrected chi connectivity index (χ2v) is 5.80. The summed E-state index contributed by atoms with van der Waals surface area (Å²) in [6, 6.07) is 0. The molecule has 0 saturated carbocycles. The molecule has 0 bridgehead atoms. The van der Waals surface area contributed by atoms with E-state index in [0.29, 0.717) is 19.6 Å². The SMILES string of the molecule is CCN(CCCNCc1ncc[nH]1)S(C)(=O)=O. The van der Waals surface area contributed by atoms with Gasteiger partial charge in [-0.3, -0.25) is 0 Å². The highest BCUT2D eigenvalue weighted by atomic mass is 32.2. The van der Waals surface area contributed by atoms with Gasteiger partial charge < -0.3 is 10.3 Å². The van der Waals surface area contributed by atoms with E-state index in [0.717, 1.165) is 18.8 Å². The van der Waals surface area contributed by atoms with E-state index in [9.17, 15) is 8.42 Å². The highest BCUT2D eigenvalue weighted by Gasteiger charge is 2.12. The summed E-state index contributed by atoms with van der Waals surface area (Å²) >= 11 is 0. The molecule has 0 aliphatic heterocycles. The van der Waals surface area contributed by atoms with Crippen molar-refractivity contribution in [2.24, 2.45) is 0 Å². The first-order chi connectivity index (χ1) is 8.04. The van der Waals surface area contributed by atoms with Crippen molar-refractivity contribution < 1.29 is 8.42 Å². The van der Waals surface area contributed by atoms with E-state index in [1.807, 2.05) is 6.92 Å². The van der Waals surface area contributed by atoms with Crippen molar-refractivity contribution in [1.29, 1.82) is 0 Å². The first-order valence-electron chi connectivity index (χ1n) is 5.68. The molecule has 0 aliphatic carbocycles. The molecule has 7 heteroatoms. The monoisotopic (exact) mass is 260 g/mol. The molecular formula is C10H20N4O2S. The Morgan fingerprint density at radius 1 is 1.53 bits per heavy atom. The molecule has 0 spiro atoms. The van der Waals surface area contributed by atoms with Crippen LogP contribution in [0.2, 0.25) is 0 Å². The zero-order valence-corrected chi connectivity index (χ0v) is 11.1. The van der Waals surface area contributed by atoms with Gasteiger partial charge in [-0.1, -0.05) is 6.92 Å². The number of hydrogen-bond donors (Lipinski definition) is 2. The molecule has 0 aliphatic rings. The Morgan fingerprint density at radius 3 is 2.82 bits per heavy atom. The van der Waals surface area contributed by atoms with Crippen LogP contribution in [0.5, 0.6) is 0 Å². The zero-order chi connectivity index (χ0) is 12.7. The Kier molecular flexibility index (Phi) is 5.60. The molecule has 1 rings (SSSR count). The van der Waals surface area contributed by atoms with E-state index in [2.05, 4.69) is 15.3 Å². The first kappa shape index (κ1) is 14.1. The van der Waals surface area contributed by atoms with Crippen molar-refractivity contribution in [1.82, 2.24) is 19.6 Å².